The molecule has 0 aliphatic rings. The average molecular weight is 411 g/mol. The molecule has 6 nitrogen and oxygen atoms in total. The molecule has 0 aromatic heterocycles. The molecule has 2 aromatic carbocycles. The highest BCUT2D eigenvalue weighted by atomic mass is 19.4. The Morgan fingerprint density at radius 2 is 1.79 bits per heavy atom. The zero-order chi connectivity index (χ0) is 21.3. The number of rotatable bonds is 9. The first kappa shape index (κ1) is 22.2. The number of hydrogen-bond acceptors (Lipinski definition) is 5. The summed E-state index contributed by atoms with van der Waals surface area (Å²) in [5.41, 5.74) is 1.29. The van der Waals surface area contributed by atoms with Crippen LogP contribution in [0, 0.1) is 0 Å². The predicted octanol–water partition coefficient (Wildman–Crippen LogP) is 3.96. The molecule has 0 unspecified atom stereocenters. The Kier molecular flexibility index (Phi) is 8.02. The maximum Gasteiger partial charge on any atom is 0.411 e. The first-order valence-electron chi connectivity index (χ1n) is 8.70. The number of esters is 1. The molecular formula is C20H20F3NO5. The van der Waals surface area contributed by atoms with Gasteiger partial charge in [-0.25, -0.2) is 4.79 Å². The molecule has 2 rings (SSSR count). The third-order valence-corrected chi connectivity index (χ3v) is 3.50. The van der Waals surface area contributed by atoms with E-state index in [-0.39, 0.29) is 19.8 Å². The second-order valence-electron chi connectivity index (χ2n) is 5.88. The molecule has 0 radical (unpaired) electrons. The van der Waals surface area contributed by atoms with Crippen LogP contribution in [0.3, 0.4) is 0 Å². The largest absolute Gasteiger partial charge is 0.482 e. The van der Waals surface area contributed by atoms with Crippen molar-refractivity contribution in [2.75, 3.05) is 25.1 Å². The summed E-state index contributed by atoms with van der Waals surface area (Å²) in [6.07, 6.45) is -4.38. The van der Waals surface area contributed by atoms with Gasteiger partial charge < -0.3 is 19.5 Å². The second-order valence-corrected chi connectivity index (χ2v) is 5.88. The van der Waals surface area contributed by atoms with Crippen molar-refractivity contribution in [3.63, 3.8) is 0 Å². The molecule has 0 atom stereocenters. The van der Waals surface area contributed by atoms with Crippen molar-refractivity contribution in [1.82, 2.24) is 0 Å². The smallest absolute Gasteiger partial charge is 0.411 e. The van der Waals surface area contributed by atoms with Crippen molar-refractivity contribution in [3.8, 4) is 5.75 Å². The number of nitrogens with one attached hydrogen (secondary N) is 1. The number of amides is 1. The monoisotopic (exact) mass is 411 g/mol. The highest BCUT2D eigenvalue weighted by Crippen LogP contribution is 2.19. The van der Waals surface area contributed by atoms with Gasteiger partial charge in [0.15, 0.2) is 6.61 Å². The molecule has 0 aliphatic carbocycles. The van der Waals surface area contributed by atoms with Crippen molar-refractivity contribution in [3.05, 3.63) is 59.7 Å². The van der Waals surface area contributed by atoms with E-state index in [2.05, 4.69) is 10.1 Å². The van der Waals surface area contributed by atoms with Gasteiger partial charge in [0, 0.05) is 17.3 Å². The molecule has 156 valence electrons. The predicted molar refractivity (Wildman–Crippen MR) is 98.7 cm³/mol. The Balaban J connectivity index is 1.89. The maximum atomic E-state index is 12.3. The van der Waals surface area contributed by atoms with Crippen LogP contribution in [0.15, 0.2) is 48.5 Å². The van der Waals surface area contributed by atoms with Gasteiger partial charge >= 0.3 is 12.1 Å². The van der Waals surface area contributed by atoms with Crippen LogP contribution in [-0.4, -0.2) is 37.9 Å². The van der Waals surface area contributed by atoms with Gasteiger partial charge in [0.1, 0.15) is 12.4 Å². The molecule has 0 aliphatic heterocycles. The van der Waals surface area contributed by atoms with Gasteiger partial charge in [-0.2, -0.15) is 13.2 Å². The van der Waals surface area contributed by atoms with Crippen LogP contribution < -0.4 is 10.1 Å². The van der Waals surface area contributed by atoms with E-state index in [1.807, 2.05) is 0 Å². The van der Waals surface area contributed by atoms with Gasteiger partial charge in [-0.3, -0.25) is 4.79 Å². The van der Waals surface area contributed by atoms with Crippen LogP contribution in [0.25, 0.3) is 0 Å². The highest BCUT2D eigenvalue weighted by Gasteiger charge is 2.27. The van der Waals surface area contributed by atoms with E-state index < -0.39 is 24.7 Å². The standard InChI is InChI=1S/C20H20F3NO5/c1-2-28-18(25)12-29-17-5-3-4-16(10-17)24-19(26)15-8-6-14(7-9-15)11-27-13-20(21,22)23/h3-10H,2,11-13H2,1H3,(H,24,26). The van der Waals surface area contributed by atoms with Gasteiger partial charge in [-0.1, -0.05) is 18.2 Å². The number of carbonyl (C=O) groups is 2. The highest BCUT2D eigenvalue weighted by molar-refractivity contribution is 6.04. The maximum absolute atomic E-state index is 12.3. The van der Waals surface area contributed by atoms with E-state index in [0.717, 1.165) is 0 Å². The minimum absolute atomic E-state index is 0.207. The van der Waals surface area contributed by atoms with Gasteiger partial charge in [-0.05, 0) is 36.8 Å². The summed E-state index contributed by atoms with van der Waals surface area (Å²) < 4.78 is 50.9. The number of ether oxygens (including phenoxy) is 3. The normalized spacial score (nSPS) is 11.0. The summed E-state index contributed by atoms with van der Waals surface area (Å²) in [5, 5.41) is 2.68. The van der Waals surface area contributed by atoms with Crippen molar-refractivity contribution in [1.29, 1.82) is 0 Å². The molecule has 1 amide bonds. The molecule has 0 saturated carbocycles. The number of anilines is 1. The van der Waals surface area contributed by atoms with E-state index >= 15 is 0 Å². The Morgan fingerprint density at radius 3 is 2.45 bits per heavy atom. The van der Waals surface area contributed by atoms with Crippen molar-refractivity contribution in [2.24, 2.45) is 0 Å². The van der Waals surface area contributed by atoms with Gasteiger partial charge in [0.05, 0.1) is 13.2 Å². The quantitative estimate of drug-likeness (QED) is 0.633. The number of hydrogen-bond donors (Lipinski definition) is 1. The zero-order valence-electron chi connectivity index (χ0n) is 15.6. The Hall–Kier alpha value is -3.07. The fraction of sp³-hybridized carbons (Fsp3) is 0.300. The number of halogens is 3. The lowest BCUT2D eigenvalue weighted by Crippen LogP contribution is -2.16. The summed E-state index contributed by atoms with van der Waals surface area (Å²) in [6.45, 7) is 0.163. The minimum Gasteiger partial charge on any atom is -0.482 e. The second kappa shape index (κ2) is 10.5. The Morgan fingerprint density at radius 1 is 1.07 bits per heavy atom. The zero-order valence-corrected chi connectivity index (χ0v) is 15.6. The third-order valence-electron chi connectivity index (χ3n) is 3.50. The van der Waals surface area contributed by atoms with E-state index in [1.165, 1.54) is 24.3 Å². The van der Waals surface area contributed by atoms with E-state index in [9.17, 15) is 22.8 Å². The minimum atomic E-state index is -4.38. The lowest BCUT2D eigenvalue weighted by atomic mass is 10.1. The summed E-state index contributed by atoms with van der Waals surface area (Å²) in [5.74, 6) is -0.524. The molecule has 0 saturated heterocycles. The first-order chi connectivity index (χ1) is 13.8. The summed E-state index contributed by atoms with van der Waals surface area (Å²) >= 11 is 0. The van der Waals surface area contributed by atoms with Gasteiger partial charge in [-0.15, -0.1) is 0 Å². The van der Waals surface area contributed by atoms with Crippen molar-refractivity contribution >= 4 is 17.6 Å². The van der Waals surface area contributed by atoms with Crippen molar-refractivity contribution in [2.45, 2.75) is 19.7 Å². The number of carbonyl (C=O) groups excluding carboxylic acids is 2. The van der Waals surface area contributed by atoms with E-state index in [1.54, 1.807) is 31.2 Å². The molecule has 0 spiro atoms. The fourth-order valence-corrected chi connectivity index (χ4v) is 2.25. The van der Waals surface area contributed by atoms with Crippen LogP contribution >= 0.6 is 0 Å². The third kappa shape index (κ3) is 8.22. The molecule has 2 aromatic rings. The first-order valence-corrected chi connectivity index (χ1v) is 8.70. The molecule has 9 heteroatoms. The molecule has 0 bridgehead atoms. The van der Waals surface area contributed by atoms with Gasteiger partial charge in [0.2, 0.25) is 0 Å². The lowest BCUT2D eigenvalue weighted by molar-refractivity contribution is -0.176. The van der Waals surface area contributed by atoms with Crippen LogP contribution in [0.2, 0.25) is 0 Å². The molecule has 0 heterocycles. The van der Waals surface area contributed by atoms with Crippen LogP contribution in [0.5, 0.6) is 5.75 Å². The molecular weight excluding hydrogens is 391 g/mol. The Labute approximate surface area is 165 Å². The fourth-order valence-electron chi connectivity index (χ4n) is 2.25. The Bertz CT molecular complexity index is 822. The summed E-state index contributed by atoms with van der Waals surface area (Å²) in [7, 11) is 0. The SMILES string of the molecule is CCOC(=O)COc1cccc(NC(=O)c2ccc(COCC(F)(F)F)cc2)c1. The topological polar surface area (TPSA) is 73.9 Å². The molecule has 29 heavy (non-hydrogen) atoms. The summed E-state index contributed by atoms with van der Waals surface area (Å²) in [4.78, 5) is 23.7. The summed E-state index contributed by atoms with van der Waals surface area (Å²) in [6, 6.07) is 12.5. The number of alkyl halides is 3. The van der Waals surface area contributed by atoms with Crippen LogP contribution in [0.4, 0.5) is 18.9 Å². The average Bonchev–Trinajstić information content (AvgIpc) is 2.66. The van der Waals surface area contributed by atoms with Crippen molar-refractivity contribution < 1.29 is 37.0 Å². The lowest BCUT2D eigenvalue weighted by Gasteiger charge is -2.10. The van der Waals surface area contributed by atoms with E-state index in [4.69, 9.17) is 9.47 Å². The molecule has 1 N–H and O–H groups in total. The molecule has 0 fully saturated rings. The van der Waals surface area contributed by atoms with Crippen LogP contribution in [0.1, 0.15) is 22.8 Å². The van der Waals surface area contributed by atoms with Crippen LogP contribution in [-0.2, 0) is 20.9 Å². The number of benzene rings is 2. The van der Waals surface area contributed by atoms with E-state index in [0.29, 0.717) is 22.6 Å². The van der Waals surface area contributed by atoms with Gasteiger partial charge in [0.25, 0.3) is 5.91 Å².